The summed E-state index contributed by atoms with van der Waals surface area (Å²) in [6, 6.07) is 4.88. The van der Waals surface area contributed by atoms with Crippen molar-refractivity contribution in [3.8, 4) is 0 Å². The van der Waals surface area contributed by atoms with Gasteiger partial charge in [0.1, 0.15) is 5.82 Å². The van der Waals surface area contributed by atoms with Gasteiger partial charge in [0.2, 0.25) is 0 Å². The monoisotopic (exact) mass is 301 g/mol. The molecule has 0 spiro atoms. The van der Waals surface area contributed by atoms with Crippen molar-refractivity contribution in [3.05, 3.63) is 41.2 Å². The minimum Gasteiger partial charge on any atom is -0.379 e. The quantitative estimate of drug-likeness (QED) is 0.828. The number of rotatable bonds is 2. The van der Waals surface area contributed by atoms with Crippen molar-refractivity contribution in [2.45, 2.75) is 57.9 Å². The van der Waals surface area contributed by atoms with Crippen molar-refractivity contribution < 1.29 is 9.18 Å². The zero-order valence-electron chi connectivity index (χ0n) is 13.4. The molecule has 0 unspecified atom stereocenters. The lowest BCUT2D eigenvalue weighted by Crippen LogP contribution is -2.44. The second-order valence-corrected chi connectivity index (χ2v) is 7.28. The smallest absolute Gasteiger partial charge is 0.160 e. The van der Waals surface area contributed by atoms with Gasteiger partial charge in [-0.25, -0.2) is 4.39 Å². The maximum atomic E-state index is 13.6. The summed E-state index contributed by atoms with van der Waals surface area (Å²) in [5, 5.41) is 3.42. The van der Waals surface area contributed by atoms with Gasteiger partial charge in [-0.1, -0.05) is 25.3 Å². The molecule has 2 aliphatic rings. The van der Waals surface area contributed by atoms with Crippen LogP contribution < -0.4 is 5.32 Å². The van der Waals surface area contributed by atoms with E-state index < -0.39 is 0 Å². The third-order valence-electron chi connectivity index (χ3n) is 4.76. The molecule has 1 aliphatic heterocycles. The fourth-order valence-electron chi connectivity index (χ4n) is 3.67. The Bertz CT molecular complexity index is 612. The average Bonchev–Trinajstić information content (AvgIpc) is 2.48. The van der Waals surface area contributed by atoms with Crippen LogP contribution in [0.25, 0.3) is 5.70 Å². The molecule has 2 nitrogen and oxygen atoms in total. The predicted molar refractivity (Wildman–Crippen MR) is 86.9 cm³/mol. The van der Waals surface area contributed by atoms with E-state index in [4.69, 9.17) is 0 Å². The highest BCUT2D eigenvalue weighted by molar-refractivity contribution is 5.98. The van der Waals surface area contributed by atoms with E-state index in [-0.39, 0.29) is 23.1 Å². The topological polar surface area (TPSA) is 29.1 Å². The summed E-state index contributed by atoms with van der Waals surface area (Å²) in [7, 11) is 0. The summed E-state index contributed by atoms with van der Waals surface area (Å²) in [5.74, 6) is 0.0801. The molecule has 1 aliphatic carbocycles. The number of halogens is 1. The summed E-state index contributed by atoms with van der Waals surface area (Å²) < 4.78 is 13.6. The predicted octanol–water partition coefficient (Wildman–Crippen LogP) is 4.24. The summed E-state index contributed by atoms with van der Waals surface area (Å²) in [6.45, 7) is 4.22. The summed E-state index contributed by atoms with van der Waals surface area (Å²) in [4.78, 5) is 12.6. The second kappa shape index (κ2) is 5.86. The van der Waals surface area contributed by atoms with Crippen LogP contribution in [0.5, 0.6) is 0 Å². The number of ketones is 1. The molecule has 1 fully saturated rings. The maximum absolute atomic E-state index is 13.6. The largest absolute Gasteiger partial charge is 0.379 e. The Morgan fingerprint density at radius 2 is 2.00 bits per heavy atom. The fourth-order valence-corrected chi connectivity index (χ4v) is 3.67. The molecule has 22 heavy (non-hydrogen) atoms. The Hall–Kier alpha value is -1.64. The zero-order valence-corrected chi connectivity index (χ0v) is 13.4. The third-order valence-corrected chi connectivity index (χ3v) is 4.76. The van der Waals surface area contributed by atoms with Gasteiger partial charge in [0, 0.05) is 28.8 Å². The highest BCUT2D eigenvalue weighted by Gasteiger charge is 2.29. The van der Waals surface area contributed by atoms with Gasteiger partial charge < -0.3 is 5.32 Å². The normalized spacial score (nSPS) is 23.0. The average molecular weight is 301 g/mol. The molecule has 1 saturated carbocycles. The van der Waals surface area contributed by atoms with Crippen LogP contribution in [0.1, 0.15) is 57.1 Å². The van der Waals surface area contributed by atoms with Crippen molar-refractivity contribution in [1.82, 2.24) is 5.32 Å². The van der Waals surface area contributed by atoms with E-state index in [2.05, 4.69) is 19.2 Å². The van der Waals surface area contributed by atoms with Crippen molar-refractivity contribution in [1.29, 1.82) is 0 Å². The molecule has 0 atom stereocenters. The van der Waals surface area contributed by atoms with E-state index in [1.54, 1.807) is 6.08 Å². The molecular weight excluding hydrogens is 277 g/mol. The Kier molecular flexibility index (Phi) is 4.07. The Morgan fingerprint density at radius 3 is 2.73 bits per heavy atom. The molecule has 1 heterocycles. The van der Waals surface area contributed by atoms with Gasteiger partial charge in [-0.3, -0.25) is 4.79 Å². The van der Waals surface area contributed by atoms with Crippen LogP contribution in [0.4, 0.5) is 4.39 Å². The lowest BCUT2D eigenvalue weighted by Gasteiger charge is -2.35. The van der Waals surface area contributed by atoms with E-state index in [0.29, 0.717) is 0 Å². The summed E-state index contributed by atoms with van der Waals surface area (Å²) in [5.41, 5.74) is 2.60. The number of fused-ring (bicyclic) bond motifs is 1. The highest BCUT2D eigenvalue weighted by Crippen LogP contribution is 2.31. The van der Waals surface area contributed by atoms with Gasteiger partial charge in [0.25, 0.3) is 0 Å². The summed E-state index contributed by atoms with van der Waals surface area (Å²) >= 11 is 0. The molecule has 0 radical (unpaired) electrons. The van der Waals surface area contributed by atoms with Gasteiger partial charge in [0.05, 0.1) is 0 Å². The number of allylic oxidation sites excluding steroid dienone is 1. The first-order valence-electron chi connectivity index (χ1n) is 8.27. The van der Waals surface area contributed by atoms with Crippen LogP contribution in [-0.4, -0.2) is 11.3 Å². The zero-order chi connectivity index (χ0) is 15.7. The first kappa shape index (κ1) is 15.3. The van der Waals surface area contributed by atoms with Crippen LogP contribution in [0.15, 0.2) is 24.3 Å². The van der Waals surface area contributed by atoms with E-state index >= 15 is 0 Å². The second-order valence-electron chi connectivity index (χ2n) is 7.28. The standard InChI is InChI=1S/C19H24FNO/c1-19(2)12-14-8-9-15(20)10-16(14)17(21-19)11-18(22)13-6-4-3-5-7-13/h8-11,13,21H,3-7,12H2,1-2H3. The Balaban J connectivity index is 1.93. The van der Waals surface area contributed by atoms with E-state index in [0.717, 1.165) is 48.9 Å². The molecule has 1 aromatic rings. The van der Waals surface area contributed by atoms with Crippen LogP contribution in [0, 0.1) is 11.7 Å². The minimum absolute atomic E-state index is 0.122. The number of carbonyl (C=O) groups is 1. The molecule has 0 saturated heterocycles. The van der Waals surface area contributed by atoms with Crippen molar-refractivity contribution >= 4 is 11.5 Å². The lowest BCUT2D eigenvalue weighted by atomic mass is 9.83. The Morgan fingerprint density at radius 1 is 1.27 bits per heavy atom. The van der Waals surface area contributed by atoms with Gasteiger partial charge in [-0.05, 0) is 50.8 Å². The molecule has 118 valence electrons. The van der Waals surface area contributed by atoms with Gasteiger partial charge in [0.15, 0.2) is 5.78 Å². The maximum Gasteiger partial charge on any atom is 0.160 e. The van der Waals surface area contributed by atoms with Crippen molar-refractivity contribution in [2.75, 3.05) is 0 Å². The molecule has 1 N–H and O–H groups in total. The molecule has 3 heteroatoms. The number of nitrogens with one attached hydrogen (secondary N) is 1. The van der Waals surface area contributed by atoms with E-state index in [1.165, 1.54) is 18.6 Å². The minimum atomic E-state index is -0.253. The SMILES string of the molecule is CC1(C)Cc2ccc(F)cc2C(=CC(=O)C2CCCCC2)N1. The first-order valence-corrected chi connectivity index (χ1v) is 8.27. The molecule has 0 bridgehead atoms. The van der Waals surface area contributed by atoms with E-state index in [9.17, 15) is 9.18 Å². The molecule has 0 aromatic heterocycles. The number of hydrogen-bond donors (Lipinski definition) is 1. The van der Waals surface area contributed by atoms with Crippen LogP contribution in [-0.2, 0) is 11.2 Å². The number of hydrogen-bond acceptors (Lipinski definition) is 2. The van der Waals surface area contributed by atoms with Gasteiger partial charge >= 0.3 is 0 Å². The third kappa shape index (κ3) is 3.23. The van der Waals surface area contributed by atoms with Crippen LogP contribution in [0.3, 0.4) is 0 Å². The van der Waals surface area contributed by atoms with Crippen LogP contribution >= 0.6 is 0 Å². The van der Waals surface area contributed by atoms with E-state index in [1.807, 2.05) is 6.07 Å². The van der Waals surface area contributed by atoms with Gasteiger partial charge in [-0.15, -0.1) is 0 Å². The highest BCUT2D eigenvalue weighted by atomic mass is 19.1. The molecule has 3 rings (SSSR count). The van der Waals surface area contributed by atoms with Gasteiger partial charge in [-0.2, -0.15) is 0 Å². The van der Waals surface area contributed by atoms with Crippen LogP contribution in [0.2, 0.25) is 0 Å². The lowest BCUT2D eigenvalue weighted by molar-refractivity contribution is -0.119. The fraction of sp³-hybridized carbons (Fsp3) is 0.526. The number of benzene rings is 1. The first-order chi connectivity index (χ1) is 10.4. The molecule has 0 amide bonds. The number of carbonyl (C=O) groups excluding carboxylic acids is 1. The molecular formula is C19H24FNO. The molecule has 1 aromatic carbocycles. The van der Waals surface area contributed by atoms with Crippen molar-refractivity contribution in [2.24, 2.45) is 5.92 Å². The van der Waals surface area contributed by atoms with Crippen molar-refractivity contribution in [3.63, 3.8) is 0 Å². The summed E-state index contributed by atoms with van der Waals surface area (Å²) in [6.07, 6.45) is 8.05. The Labute approximate surface area is 131 Å².